The van der Waals surface area contributed by atoms with Crippen LogP contribution in [0, 0.1) is 0 Å². The topological polar surface area (TPSA) is 82.5 Å². The number of hydrogen-bond acceptors (Lipinski definition) is 4. The lowest BCUT2D eigenvalue weighted by molar-refractivity contribution is 0.0701. The fraction of sp³-hybridized carbons (Fsp3) is 0. The van der Waals surface area contributed by atoms with E-state index >= 15 is 0 Å². The minimum absolute atomic E-state index is 0.115. The van der Waals surface area contributed by atoms with Crippen molar-refractivity contribution in [2.45, 2.75) is 0 Å². The Morgan fingerprint density at radius 2 is 1.82 bits per heavy atom. The minimum atomic E-state index is -0.596. The molecule has 0 fully saturated rings. The molecule has 1 amide bonds. The van der Waals surface area contributed by atoms with Gasteiger partial charge in [0.05, 0.1) is 6.26 Å². The Hall–Kier alpha value is -2.56. The van der Waals surface area contributed by atoms with Crippen molar-refractivity contribution in [1.29, 1.82) is 0 Å². The number of esters is 1. The van der Waals surface area contributed by atoms with E-state index in [2.05, 4.69) is 0 Å². The molecule has 86 valence electrons. The van der Waals surface area contributed by atoms with Crippen molar-refractivity contribution < 1.29 is 18.7 Å². The third-order valence-corrected chi connectivity index (χ3v) is 2.07. The fourth-order valence-electron chi connectivity index (χ4n) is 1.24. The van der Waals surface area contributed by atoms with E-state index < -0.39 is 11.9 Å². The van der Waals surface area contributed by atoms with Crippen molar-refractivity contribution in [3.8, 4) is 5.75 Å². The summed E-state index contributed by atoms with van der Waals surface area (Å²) >= 11 is 0. The molecule has 0 spiro atoms. The van der Waals surface area contributed by atoms with Gasteiger partial charge in [0.15, 0.2) is 0 Å². The lowest BCUT2D eigenvalue weighted by Crippen LogP contribution is -2.11. The van der Waals surface area contributed by atoms with Gasteiger partial charge < -0.3 is 14.9 Å². The van der Waals surface area contributed by atoms with Gasteiger partial charge in [-0.25, -0.2) is 4.79 Å². The van der Waals surface area contributed by atoms with E-state index in [4.69, 9.17) is 14.9 Å². The number of ether oxygens (including phenoxy) is 1. The SMILES string of the molecule is NC(=O)c1ccc(OC(=O)c2ccco2)cc1. The Balaban J connectivity index is 2.09. The highest BCUT2D eigenvalue weighted by atomic mass is 16.5. The van der Waals surface area contributed by atoms with Crippen molar-refractivity contribution in [3.63, 3.8) is 0 Å². The van der Waals surface area contributed by atoms with E-state index in [9.17, 15) is 9.59 Å². The van der Waals surface area contributed by atoms with Gasteiger partial charge in [-0.2, -0.15) is 0 Å². The minimum Gasteiger partial charge on any atom is -0.457 e. The Kier molecular flexibility index (Phi) is 2.91. The van der Waals surface area contributed by atoms with Crippen molar-refractivity contribution in [2.75, 3.05) is 0 Å². The van der Waals surface area contributed by atoms with Crippen LogP contribution in [0.5, 0.6) is 5.75 Å². The highest BCUT2D eigenvalue weighted by Gasteiger charge is 2.11. The van der Waals surface area contributed by atoms with Crippen molar-refractivity contribution >= 4 is 11.9 Å². The second kappa shape index (κ2) is 4.52. The molecule has 0 aliphatic rings. The maximum atomic E-state index is 11.5. The first-order chi connectivity index (χ1) is 8.16. The summed E-state index contributed by atoms with van der Waals surface area (Å²) in [5, 5.41) is 0. The molecule has 0 radical (unpaired) electrons. The van der Waals surface area contributed by atoms with Crippen LogP contribution in [0.15, 0.2) is 47.1 Å². The standard InChI is InChI=1S/C12H9NO4/c13-11(14)8-3-5-9(6-4-8)17-12(15)10-2-1-7-16-10/h1-7H,(H2,13,14). The lowest BCUT2D eigenvalue weighted by atomic mass is 10.2. The molecule has 1 aromatic carbocycles. The number of rotatable bonds is 3. The summed E-state index contributed by atoms with van der Waals surface area (Å²) in [4.78, 5) is 22.3. The molecule has 1 heterocycles. The first-order valence-corrected chi connectivity index (χ1v) is 4.82. The highest BCUT2D eigenvalue weighted by Crippen LogP contribution is 2.14. The van der Waals surface area contributed by atoms with E-state index in [0.717, 1.165) is 0 Å². The van der Waals surface area contributed by atoms with Crippen LogP contribution in [-0.4, -0.2) is 11.9 Å². The molecular weight excluding hydrogens is 222 g/mol. The van der Waals surface area contributed by atoms with Crippen molar-refractivity contribution in [3.05, 3.63) is 54.0 Å². The number of hydrogen-bond donors (Lipinski definition) is 1. The van der Waals surface area contributed by atoms with Crippen LogP contribution in [0.1, 0.15) is 20.9 Å². The lowest BCUT2D eigenvalue weighted by Gasteiger charge is -2.02. The van der Waals surface area contributed by atoms with Gasteiger partial charge in [-0.3, -0.25) is 4.79 Å². The van der Waals surface area contributed by atoms with Crippen LogP contribution < -0.4 is 10.5 Å². The molecule has 0 saturated heterocycles. The highest BCUT2D eigenvalue weighted by molar-refractivity contribution is 5.93. The molecule has 0 saturated carbocycles. The normalized spacial score (nSPS) is 9.88. The number of furan rings is 1. The van der Waals surface area contributed by atoms with Gasteiger partial charge in [0.25, 0.3) is 0 Å². The van der Waals surface area contributed by atoms with Crippen LogP contribution in [0.4, 0.5) is 0 Å². The van der Waals surface area contributed by atoms with Crippen LogP contribution >= 0.6 is 0 Å². The van der Waals surface area contributed by atoms with E-state index in [1.54, 1.807) is 6.07 Å². The summed E-state index contributed by atoms with van der Waals surface area (Å²) in [6.07, 6.45) is 1.38. The zero-order valence-corrected chi connectivity index (χ0v) is 8.75. The number of primary amides is 1. The molecule has 0 aliphatic heterocycles. The number of amides is 1. The molecule has 2 rings (SSSR count). The molecular formula is C12H9NO4. The molecule has 2 aromatic rings. The Bertz CT molecular complexity index is 528. The molecule has 0 unspecified atom stereocenters. The maximum absolute atomic E-state index is 11.5. The average molecular weight is 231 g/mol. The second-order valence-electron chi connectivity index (χ2n) is 3.26. The molecule has 0 atom stereocenters. The molecule has 17 heavy (non-hydrogen) atoms. The van der Waals surface area contributed by atoms with Crippen LogP contribution in [-0.2, 0) is 0 Å². The largest absolute Gasteiger partial charge is 0.457 e. The van der Waals surface area contributed by atoms with E-state index in [1.165, 1.54) is 36.6 Å². The predicted molar refractivity (Wildman–Crippen MR) is 58.6 cm³/mol. The number of benzene rings is 1. The average Bonchev–Trinajstić information content (AvgIpc) is 2.83. The number of carbonyl (C=O) groups is 2. The fourth-order valence-corrected chi connectivity index (χ4v) is 1.24. The summed E-state index contributed by atoms with van der Waals surface area (Å²) in [5.74, 6) is -0.698. The molecule has 2 N–H and O–H groups in total. The zero-order chi connectivity index (χ0) is 12.3. The Labute approximate surface area is 96.8 Å². The molecule has 5 heteroatoms. The smallest absolute Gasteiger partial charge is 0.379 e. The number of nitrogens with two attached hydrogens (primary N) is 1. The molecule has 0 aliphatic carbocycles. The van der Waals surface area contributed by atoms with Gasteiger partial charge in [0, 0.05) is 5.56 Å². The van der Waals surface area contributed by atoms with Crippen LogP contribution in [0.2, 0.25) is 0 Å². The summed E-state index contributed by atoms with van der Waals surface area (Å²) in [7, 11) is 0. The third kappa shape index (κ3) is 2.52. The monoisotopic (exact) mass is 231 g/mol. The quantitative estimate of drug-likeness (QED) is 0.642. The van der Waals surface area contributed by atoms with Gasteiger partial charge in [-0.05, 0) is 36.4 Å². The van der Waals surface area contributed by atoms with E-state index in [1.807, 2.05) is 0 Å². The van der Waals surface area contributed by atoms with Gasteiger partial charge in [-0.15, -0.1) is 0 Å². The first kappa shape index (κ1) is 10.9. The molecule has 5 nitrogen and oxygen atoms in total. The van der Waals surface area contributed by atoms with E-state index in [-0.39, 0.29) is 5.76 Å². The molecule has 1 aromatic heterocycles. The van der Waals surface area contributed by atoms with Gasteiger partial charge in [-0.1, -0.05) is 0 Å². The van der Waals surface area contributed by atoms with E-state index in [0.29, 0.717) is 11.3 Å². The summed E-state index contributed by atoms with van der Waals surface area (Å²) < 4.78 is 9.89. The Morgan fingerprint density at radius 1 is 1.12 bits per heavy atom. The zero-order valence-electron chi connectivity index (χ0n) is 8.75. The summed E-state index contributed by atoms with van der Waals surface area (Å²) in [6.45, 7) is 0. The predicted octanol–water partition coefficient (Wildman–Crippen LogP) is 1.60. The second-order valence-corrected chi connectivity index (χ2v) is 3.26. The summed E-state index contributed by atoms with van der Waals surface area (Å²) in [5.41, 5.74) is 5.43. The maximum Gasteiger partial charge on any atom is 0.379 e. The van der Waals surface area contributed by atoms with Crippen molar-refractivity contribution in [2.24, 2.45) is 5.73 Å². The third-order valence-electron chi connectivity index (χ3n) is 2.07. The molecule has 0 bridgehead atoms. The van der Waals surface area contributed by atoms with Crippen molar-refractivity contribution in [1.82, 2.24) is 0 Å². The van der Waals surface area contributed by atoms with Gasteiger partial charge in [0.1, 0.15) is 5.75 Å². The van der Waals surface area contributed by atoms with Crippen LogP contribution in [0.25, 0.3) is 0 Å². The van der Waals surface area contributed by atoms with Gasteiger partial charge in [0.2, 0.25) is 11.7 Å². The number of carbonyl (C=O) groups excluding carboxylic acids is 2. The van der Waals surface area contributed by atoms with Gasteiger partial charge >= 0.3 is 5.97 Å². The first-order valence-electron chi connectivity index (χ1n) is 4.82. The Morgan fingerprint density at radius 3 is 2.35 bits per heavy atom. The summed E-state index contributed by atoms with van der Waals surface area (Å²) in [6, 6.07) is 9.02. The van der Waals surface area contributed by atoms with Crippen LogP contribution in [0.3, 0.4) is 0 Å².